The van der Waals surface area contributed by atoms with Gasteiger partial charge in [-0.05, 0) is 29.1 Å². The minimum Gasteiger partial charge on any atom is -0.294 e. The average molecular weight is 361 g/mol. The number of benzene rings is 1. The van der Waals surface area contributed by atoms with Crippen LogP contribution in [0.4, 0.5) is 5.69 Å². The lowest BCUT2D eigenvalue weighted by Crippen LogP contribution is -2.14. The van der Waals surface area contributed by atoms with E-state index in [0.717, 1.165) is 11.1 Å². The summed E-state index contributed by atoms with van der Waals surface area (Å²) in [5.41, 5.74) is 1.89. The number of hydrogen-bond donors (Lipinski definition) is 1. The van der Waals surface area contributed by atoms with E-state index in [0.29, 0.717) is 10.6 Å². The quantitative estimate of drug-likeness (QED) is 0.708. The number of aromatic nitrogens is 2. The SMILES string of the molecule is CC(=O)c1sccc1NS(=O)(=O)c1cccc(-c2cnn(C)c2)c1. The highest BCUT2D eigenvalue weighted by Crippen LogP contribution is 2.27. The number of aryl methyl sites for hydroxylation is 1. The normalized spacial score (nSPS) is 11.4. The van der Waals surface area contributed by atoms with Gasteiger partial charge in [0.15, 0.2) is 5.78 Å². The molecule has 0 unspecified atom stereocenters. The number of rotatable bonds is 5. The molecule has 24 heavy (non-hydrogen) atoms. The van der Waals surface area contributed by atoms with E-state index in [1.54, 1.807) is 41.5 Å². The summed E-state index contributed by atoms with van der Waals surface area (Å²) < 4.78 is 29.4. The number of nitrogens with one attached hydrogen (secondary N) is 1. The van der Waals surface area contributed by atoms with Crippen LogP contribution in [-0.4, -0.2) is 24.0 Å². The molecule has 0 saturated heterocycles. The van der Waals surface area contributed by atoms with Gasteiger partial charge >= 0.3 is 0 Å². The topological polar surface area (TPSA) is 81.1 Å². The standard InChI is InChI=1S/C16H15N3O3S2/c1-11(20)16-15(6-7-23-16)18-24(21,22)14-5-3-4-12(8-14)13-9-17-19(2)10-13/h3-10,18H,1-2H3. The van der Waals surface area contributed by atoms with Crippen molar-refractivity contribution in [1.82, 2.24) is 9.78 Å². The van der Waals surface area contributed by atoms with Gasteiger partial charge in [0.2, 0.25) is 0 Å². The third-order valence-electron chi connectivity index (χ3n) is 3.41. The van der Waals surface area contributed by atoms with Crippen molar-refractivity contribution in [3.8, 4) is 11.1 Å². The number of thiophene rings is 1. The molecular weight excluding hydrogens is 346 g/mol. The van der Waals surface area contributed by atoms with E-state index >= 15 is 0 Å². The predicted octanol–water partition coefficient (Wildman–Crippen LogP) is 3.15. The molecule has 2 aromatic heterocycles. The zero-order chi connectivity index (χ0) is 17.3. The molecule has 0 saturated carbocycles. The first-order valence-electron chi connectivity index (χ1n) is 7.07. The maximum atomic E-state index is 12.6. The van der Waals surface area contributed by atoms with Crippen LogP contribution in [0, 0.1) is 0 Å². The first-order valence-corrected chi connectivity index (χ1v) is 9.43. The van der Waals surface area contributed by atoms with Crippen molar-refractivity contribution in [3.63, 3.8) is 0 Å². The predicted molar refractivity (Wildman–Crippen MR) is 93.8 cm³/mol. The van der Waals surface area contributed by atoms with Gasteiger partial charge in [-0.1, -0.05) is 12.1 Å². The monoisotopic (exact) mass is 361 g/mol. The molecule has 0 aliphatic carbocycles. The largest absolute Gasteiger partial charge is 0.294 e. The second-order valence-corrected chi connectivity index (χ2v) is 7.85. The fraction of sp³-hybridized carbons (Fsp3) is 0.125. The number of carbonyl (C=O) groups excluding carboxylic acids is 1. The Kier molecular flexibility index (Phi) is 4.25. The second kappa shape index (κ2) is 6.21. The van der Waals surface area contributed by atoms with Crippen LogP contribution >= 0.6 is 11.3 Å². The number of sulfonamides is 1. The van der Waals surface area contributed by atoms with E-state index in [-0.39, 0.29) is 10.7 Å². The maximum absolute atomic E-state index is 12.6. The van der Waals surface area contributed by atoms with E-state index in [4.69, 9.17) is 0 Å². The summed E-state index contributed by atoms with van der Waals surface area (Å²) in [5, 5.41) is 5.77. The lowest BCUT2D eigenvalue weighted by Gasteiger charge is -2.09. The summed E-state index contributed by atoms with van der Waals surface area (Å²) in [6.07, 6.45) is 3.48. The first-order chi connectivity index (χ1) is 11.4. The molecule has 3 aromatic rings. The first kappa shape index (κ1) is 16.4. The van der Waals surface area contributed by atoms with Crippen LogP contribution in [0.25, 0.3) is 11.1 Å². The average Bonchev–Trinajstić information content (AvgIpc) is 3.16. The molecule has 3 rings (SSSR count). The summed E-state index contributed by atoms with van der Waals surface area (Å²) in [4.78, 5) is 12.1. The van der Waals surface area contributed by atoms with E-state index in [1.165, 1.54) is 24.3 Å². The number of hydrogen-bond acceptors (Lipinski definition) is 5. The number of ketones is 1. The third kappa shape index (κ3) is 3.24. The van der Waals surface area contributed by atoms with Crippen LogP contribution in [0.2, 0.25) is 0 Å². The Labute approximate surface area is 143 Å². The number of carbonyl (C=O) groups is 1. The van der Waals surface area contributed by atoms with Gasteiger partial charge in [-0.3, -0.25) is 14.2 Å². The van der Waals surface area contributed by atoms with Crippen molar-refractivity contribution in [2.45, 2.75) is 11.8 Å². The van der Waals surface area contributed by atoms with Crippen LogP contribution in [0.5, 0.6) is 0 Å². The van der Waals surface area contributed by atoms with Crippen LogP contribution in [0.15, 0.2) is 53.0 Å². The summed E-state index contributed by atoms with van der Waals surface area (Å²) in [5.74, 6) is -0.174. The Morgan fingerprint density at radius 2 is 2.04 bits per heavy atom. The maximum Gasteiger partial charge on any atom is 0.261 e. The number of anilines is 1. The fourth-order valence-electron chi connectivity index (χ4n) is 2.28. The highest BCUT2D eigenvalue weighted by atomic mass is 32.2. The molecule has 0 aliphatic heterocycles. The van der Waals surface area contributed by atoms with E-state index in [2.05, 4.69) is 9.82 Å². The highest BCUT2D eigenvalue weighted by molar-refractivity contribution is 7.92. The van der Waals surface area contributed by atoms with Gasteiger partial charge in [0, 0.05) is 25.7 Å². The van der Waals surface area contributed by atoms with Crippen molar-refractivity contribution in [2.24, 2.45) is 7.05 Å². The van der Waals surface area contributed by atoms with Crippen LogP contribution < -0.4 is 4.72 Å². The highest BCUT2D eigenvalue weighted by Gasteiger charge is 2.19. The van der Waals surface area contributed by atoms with Gasteiger partial charge < -0.3 is 0 Å². The second-order valence-electron chi connectivity index (χ2n) is 5.26. The molecule has 1 N–H and O–H groups in total. The van der Waals surface area contributed by atoms with Crippen molar-refractivity contribution >= 4 is 32.8 Å². The summed E-state index contributed by atoms with van der Waals surface area (Å²) in [6, 6.07) is 8.18. The van der Waals surface area contributed by atoms with E-state index in [9.17, 15) is 13.2 Å². The van der Waals surface area contributed by atoms with Crippen molar-refractivity contribution in [2.75, 3.05) is 4.72 Å². The molecule has 0 amide bonds. The molecule has 2 heterocycles. The van der Waals surface area contributed by atoms with Crippen molar-refractivity contribution in [1.29, 1.82) is 0 Å². The van der Waals surface area contributed by atoms with Gasteiger partial charge in [-0.15, -0.1) is 11.3 Å². The van der Waals surface area contributed by atoms with Crippen molar-refractivity contribution in [3.05, 3.63) is 53.0 Å². The lowest BCUT2D eigenvalue weighted by atomic mass is 10.1. The Morgan fingerprint density at radius 1 is 1.25 bits per heavy atom. The Bertz CT molecular complexity index is 1000. The molecule has 6 nitrogen and oxygen atoms in total. The van der Waals surface area contributed by atoms with Crippen molar-refractivity contribution < 1.29 is 13.2 Å². The molecule has 1 aromatic carbocycles. The van der Waals surface area contributed by atoms with Crippen LogP contribution in [0.3, 0.4) is 0 Å². The lowest BCUT2D eigenvalue weighted by molar-refractivity contribution is 0.102. The number of nitrogens with zero attached hydrogens (tertiary/aromatic N) is 2. The van der Waals surface area contributed by atoms with Gasteiger partial charge in [0.25, 0.3) is 10.0 Å². The minimum absolute atomic E-state index is 0.129. The van der Waals surface area contributed by atoms with Gasteiger partial charge in [0.05, 0.1) is 21.7 Å². The Balaban J connectivity index is 1.95. The van der Waals surface area contributed by atoms with Gasteiger partial charge in [-0.25, -0.2) is 8.42 Å². The fourth-order valence-corrected chi connectivity index (χ4v) is 4.21. The molecule has 0 radical (unpaired) electrons. The van der Waals surface area contributed by atoms with Crippen LogP contribution in [-0.2, 0) is 17.1 Å². The molecular formula is C16H15N3O3S2. The smallest absolute Gasteiger partial charge is 0.261 e. The zero-order valence-corrected chi connectivity index (χ0v) is 14.7. The molecule has 0 fully saturated rings. The molecule has 0 spiro atoms. The minimum atomic E-state index is -3.79. The zero-order valence-electron chi connectivity index (χ0n) is 13.1. The van der Waals surface area contributed by atoms with Gasteiger partial charge in [0.1, 0.15) is 0 Å². The summed E-state index contributed by atoms with van der Waals surface area (Å²) in [6.45, 7) is 1.41. The summed E-state index contributed by atoms with van der Waals surface area (Å²) in [7, 11) is -1.99. The molecule has 124 valence electrons. The Morgan fingerprint density at radius 3 is 2.71 bits per heavy atom. The van der Waals surface area contributed by atoms with Crippen LogP contribution in [0.1, 0.15) is 16.6 Å². The van der Waals surface area contributed by atoms with Gasteiger partial charge in [-0.2, -0.15) is 5.10 Å². The third-order valence-corrected chi connectivity index (χ3v) is 5.79. The Hall–Kier alpha value is -2.45. The summed E-state index contributed by atoms with van der Waals surface area (Å²) >= 11 is 1.21. The molecule has 0 atom stereocenters. The molecule has 0 aliphatic rings. The van der Waals surface area contributed by atoms with E-state index < -0.39 is 10.0 Å². The molecule has 8 heteroatoms. The molecule has 0 bridgehead atoms. The number of Topliss-reactive ketones (excluding diaryl/α,β-unsaturated/α-hetero) is 1. The van der Waals surface area contributed by atoms with E-state index in [1.807, 2.05) is 12.3 Å².